The Morgan fingerprint density at radius 3 is 2.93 bits per heavy atom. The number of aryl methyl sites for hydroxylation is 2. The lowest BCUT2D eigenvalue weighted by Crippen LogP contribution is -1.89. The van der Waals surface area contributed by atoms with Crippen LogP contribution in [0.1, 0.15) is 12.6 Å². The van der Waals surface area contributed by atoms with Crippen LogP contribution in [0.15, 0.2) is 16.8 Å². The quantitative estimate of drug-likeness (QED) is 0.776. The Labute approximate surface area is 81.5 Å². The number of nitrogen functional groups attached to an aromatic ring is 1. The van der Waals surface area contributed by atoms with Crippen molar-refractivity contribution < 1.29 is 4.52 Å². The Balaban J connectivity index is 2.49. The van der Waals surface area contributed by atoms with Crippen LogP contribution >= 0.6 is 0 Å². The monoisotopic (exact) mass is 192 g/mol. The highest BCUT2D eigenvalue weighted by Gasteiger charge is 2.11. The topological polar surface area (TPSA) is 69.9 Å². The van der Waals surface area contributed by atoms with Crippen molar-refractivity contribution in [1.82, 2.24) is 14.9 Å². The molecule has 14 heavy (non-hydrogen) atoms. The molecule has 0 aliphatic heterocycles. The van der Waals surface area contributed by atoms with Crippen LogP contribution in [-0.4, -0.2) is 14.9 Å². The Morgan fingerprint density at radius 1 is 1.57 bits per heavy atom. The van der Waals surface area contributed by atoms with E-state index in [-0.39, 0.29) is 0 Å². The molecule has 0 saturated carbocycles. The van der Waals surface area contributed by atoms with Crippen LogP contribution in [0.5, 0.6) is 0 Å². The van der Waals surface area contributed by atoms with Crippen molar-refractivity contribution in [2.24, 2.45) is 7.05 Å². The lowest BCUT2D eigenvalue weighted by molar-refractivity contribution is 0.439. The second-order valence-corrected chi connectivity index (χ2v) is 3.13. The molecule has 2 rings (SSSR count). The minimum atomic E-state index is 0.325. The van der Waals surface area contributed by atoms with Gasteiger partial charge in [0.15, 0.2) is 0 Å². The third-order valence-corrected chi connectivity index (χ3v) is 2.04. The molecule has 0 aliphatic carbocycles. The summed E-state index contributed by atoms with van der Waals surface area (Å²) in [6.07, 6.45) is 2.78. The minimum absolute atomic E-state index is 0.325. The Hall–Kier alpha value is -1.78. The summed E-state index contributed by atoms with van der Waals surface area (Å²) in [5.74, 6) is 0.325. The summed E-state index contributed by atoms with van der Waals surface area (Å²) in [7, 11) is 1.88. The number of anilines is 1. The van der Waals surface area contributed by atoms with Crippen LogP contribution in [0, 0.1) is 0 Å². The van der Waals surface area contributed by atoms with Gasteiger partial charge < -0.3 is 10.3 Å². The first-order chi connectivity index (χ1) is 6.70. The largest absolute Gasteiger partial charge is 0.368 e. The highest BCUT2D eigenvalue weighted by Crippen LogP contribution is 2.23. The fourth-order valence-electron chi connectivity index (χ4n) is 1.43. The molecule has 0 aliphatic rings. The average molecular weight is 192 g/mol. The molecular formula is C9H12N4O. The van der Waals surface area contributed by atoms with Crippen molar-refractivity contribution in [3.63, 3.8) is 0 Å². The summed E-state index contributed by atoms with van der Waals surface area (Å²) in [6, 6.07) is 1.70. The standard InChI is InChI=1S/C9H12N4O/c1-3-7-6(5-13(2)11-7)8-4-9(10)14-12-8/h4-5H,3,10H2,1-2H3. The number of nitrogens with zero attached hydrogens (tertiary/aromatic N) is 3. The smallest absolute Gasteiger partial charge is 0.222 e. The third kappa shape index (κ3) is 1.37. The van der Waals surface area contributed by atoms with Crippen LogP contribution < -0.4 is 5.73 Å². The van der Waals surface area contributed by atoms with Crippen LogP contribution in [0.3, 0.4) is 0 Å². The van der Waals surface area contributed by atoms with E-state index in [1.165, 1.54) is 0 Å². The molecule has 74 valence electrons. The normalized spacial score (nSPS) is 10.7. The molecule has 2 heterocycles. The molecule has 2 N–H and O–H groups in total. The summed E-state index contributed by atoms with van der Waals surface area (Å²) >= 11 is 0. The zero-order valence-corrected chi connectivity index (χ0v) is 8.19. The molecule has 2 aromatic heterocycles. The zero-order chi connectivity index (χ0) is 10.1. The predicted octanol–water partition coefficient (Wildman–Crippen LogP) is 1.22. The van der Waals surface area contributed by atoms with Gasteiger partial charge in [0.2, 0.25) is 5.88 Å². The first kappa shape index (κ1) is 8.80. The van der Waals surface area contributed by atoms with Gasteiger partial charge in [0.25, 0.3) is 0 Å². The van der Waals surface area contributed by atoms with E-state index in [2.05, 4.69) is 17.2 Å². The maximum Gasteiger partial charge on any atom is 0.222 e. The number of aromatic nitrogens is 3. The molecule has 0 fully saturated rings. The Morgan fingerprint density at radius 2 is 2.36 bits per heavy atom. The fourth-order valence-corrected chi connectivity index (χ4v) is 1.43. The van der Waals surface area contributed by atoms with Crippen molar-refractivity contribution in [3.8, 4) is 11.3 Å². The van der Waals surface area contributed by atoms with E-state index in [1.807, 2.05) is 13.2 Å². The van der Waals surface area contributed by atoms with Crippen LogP contribution in [-0.2, 0) is 13.5 Å². The summed E-state index contributed by atoms with van der Waals surface area (Å²) in [5, 5.41) is 8.16. The number of hydrogen-bond donors (Lipinski definition) is 1. The fraction of sp³-hybridized carbons (Fsp3) is 0.333. The average Bonchev–Trinajstić information content (AvgIpc) is 2.71. The van der Waals surface area contributed by atoms with Crippen LogP contribution in [0.4, 0.5) is 5.88 Å². The highest BCUT2D eigenvalue weighted by molar-refractivity contribution is 5.62. The molecular weight excluding hydrogens is 180 g/mol. The van der Waals surface area contributed by atoms with E-state index in [1.54, 1.807) is 10.7 Å². The molecule has 5 nitrogen and oxygen atoms in total. The second kappa shape index (κ2) is 3.17. The van der Waals surface area contributed by atoms with E-state index in [0.29, 0.717) is 5.88 Å². The van der Waals surface area contributed by atoms with Gasteiger partial charge in [0, 0.05) is 24.9 Å². The van der Waals surface area contributed by atoms with Gasteiger partial charge in [-0.3, -0.25) is 4.68 Å². The van der Waals surface area contributed by atoms with E-state index in [4.69, 9.17) is 10.3 Å². The first-order valence-corrected chi connectivity index (χ1v) is 4.45. The summed E-state index contributed by atoms with van der Waals surface area (Å²) in [6.45, 7) is 2.05. The van der Waals surface area contributed by atoms with Crippen LogP contribution in [0.2, 0.25) is 0 Å². The molecule has 0 unspecified atom stereocenters. The van der Waals surface area contributed by atoms with Crippen molar-refractivity contribution in [2.45, 2.75) is 13.3 Å². The van der Waals surface area contributed by atoms with Gasteiger partial charge in [-0.1, -0.05) is 12.1 Å². The Bertz CT molecular complexity index is 443. The van der Waals surface area contributed by atoms with Crippen molar-refractivity contribution in [2.75, 3.05) is 5.73 Å². The van der Waals surface area contributed by atoms with E-state index in [0.717, 1.165) is 23.4 Å². The Kier molecular flexibility index (Phi) is 1.99. The van der Waals surface area contributed by atoms with Gasteiger partial charge in [-0.2, -0.15) is 5.10 Å². The summed E-state index contributed by atoms with van der Waals surface area (Å²) < 4.78 is 6.58. The van der Waals surface area contributed by atoms with Gasteiger partial charge in [0.1, 0.15) is 5.69 Å². The third-order valence-electron chi connectivity index (χ3n) is 2.04. The van der Waals surface area contributed by atoms with E-state index < -0.39 is 0 Å². The number of hydrogen-bond acceptors (Lipinski definition) is 4. The molecule has 0 amide bonds. The molecule has 5 heteroatoms. The SMILES string of the molecule is CCc1nn(C)cc1-c1cc(N)on1. The molecule has 0 saturated heterocycles. The van der Waals surface area contributed by atoms with Gasteiger partial charge in [-0.05, 0) is 6.42 Å². The van der Waals surface area contributed by atoms with Gasteiger partial charge in [0.05, 0.1) is 5.69 Å². The van der Waals surface area contributed by atoms with Crippen molar-refractivity contribution in [3.05, 3.63) is 18.0 Å². The zero-order valence-electron chi connectivity index (χ0n) is 8.19. The van der Waals surface area contributed by atoms with E-state index >= 15 is 0 Å². The first-order valence-electron chi connectivity index (χ1n) is 4.45. The number of nitrogens with two attached hydrogens (primary N) is 1. The molecule has 0 radical (unpaired) electrons. The molecule has 0 aromatic carbocycles. The van der Waals surface area contributed by atoms with E-state index in [9.17, 15) is 0 Å². The maximum absolute atomic E-state index is 5.46. The lowest BCUT2D eigenvalue weighted by atomic mass is 10.1. The van der Waals surface area contributed by atoms with Gasteiger partial charge >= 0.3 is 0 Å². The predicted molar refractivity (Wildman–Crippen MR) is 52.5 cm³/mol. The number of rotatable bonds is 2. The minimum Gasteiger partial charge on any atom is -0.368 e. The van der Waals surface area contributed by atoms with Gasteiger partial charge in [-0.15, -0.1) is 0 Å². The molecule has 0 atom stereocenters. The second-order valence-electron chi connectivity index (χ2n) is 3.13. The highest BCUT2D eigenvalue weighted by atomic mass is 16.5. The van der Waals surface area contributed by atoms with Crippen LogP contribution in [0.25, 0.3) is 11.3 Å². The maximum atomic E-state index is 5.46. The summed E-state index contributed by atoms with van der Waals surface area (Å²) in [4.78, 5) is 0. The summed E-state index contributed by atoms with van der Waals surface area (Å²) in [5.41, 5.74) is 8.18. The van der Waals surface area contributed by atoms with Crippen molar-refractivity contribution in [1.29, 1.82) is 0 Å². The lowest BCUT2D eigenvalue weighted by Gasteiger charge is -1.91. The molecule has 2 aromatic rings. The van der Waals surface area contributed by atoms with Crippen molar-refractivity contribution >= 4 is 5.88 Å². The van der Waals surface area contributed by atoms with Gasteiger partial charge in [-0.25, -0.2) is 0 Å². The molecule has 0 bridgehead atoms. The molecule has 0 spiro atoms.